The predicted molar refractivity (Wildman–Crippen MR) is 62.4 cm³/mol. The summed E-state index contributed by atoms with van der Waals surface area (Å²) in [7, 11) is 1.92. The number of hydrogen-bond acceptors (Lipinski definition) is 1. The standard InChI is InChI=1S/C11H10Cl2N2/c1-15-7-6-14-11(15)10(13)8-2-4-9(12)5-3-8/h2-7,10H,1H3. The fourth-order valence-electron chi connectivity index (χ4n) is 1.40. The van der Waals surface area contributed by atoms with E-state index in [4.69, 9.17) is 23.2 Å². The van der Waals surface area contributed by atoms with E-state index >= 15 is 0 Å². The number of aryl methyl sites for hydroxylation is 1. The minimum Gasteiger partial charge on any atom is -0.336 e. The molecule has 4 heteroatoms. The average Bonchev–Trinajstić information content (AvgIpc) is 2.65. The Morgan fingerprint density at radius 3 is 2.47 bits per heavy atom. The van der Waals surface area contributed by atoms with E-state index in [1.165, 1.54) is 0 Å². The van der Waals surface area contributed by atoms with Crippen LogP contribution in [0.15, 0.2) is 36.7 Å². The summed E-state index contributed by atoms with van der Waals surface area (Å²) in [5, 5.41) is 0.477. The third-order valence-electron chi connectivity index (χ3n) is 2.25. The Hall–Kier alpha value is -0.990. The summed E-state index contributed by atoms with van der Waals surface area (Å²) in [6.07, 6.45) is 3.61. The van der Waals surface area contributed by atoms with E-state index in [-0.39, 0.29) is 5.38 Å². The zero-order chi connectivity index (χ0) is 10.8. The number of alkyl halides is 1. The van der Waals surface area contributed by atoms with Crippen LogP contribution < -0.4 is 0 Å². The lowest BCUT2D eigenvalue weighted by atomic mass is 10.1. The van der Waals surface area contributed by atoms with Crippen molar-refractivity contribution in [3.63, 3.8) is 0 Å². The lowest BCUT2D eigenvalue weighted by Gasteiger charge is -2.09. The van der Waals surface area contributed by atoms with Gasteiger partial charge in [-0.15, -0.1) is 11.6 Å². The number of aromatic nitrogens is 2. The van der Waals surface area contributed by atoms with Crippen molar-refractivity contribution in [2.24, 2.45) is 7.05 Å². The van der Waals surface area contributed by atoms with Gasteiger partial charge in [0.05, 0.1) is 0 Å². The third kappa shape index (κ3) is 2.16. The highest BCUT2D eigenvalue weighted by Gasteiger charge is 2.14. The van der Waals surface area contributed by atoms with Crippen molar-refractivity contribution in [3.05, 3.63) is 53.1 Å². The van der Waals surface area contributed by atoms with E-state index in [0.717, 1.165) is 11.4 Å². The van der Waals surface area contributed by atoms with Crippen LogP contribution in [0.5, 0.6) is 0 Å². The Kier molecular flexibility index (Phi) is 2.98. The summed E-state index contributed by atoms with van der Waals surface area (Å²) >= 11 is 12.1. The molecule has 0 aliphatic carbocycles. The highest BCUT2D eigenvalue weighted by Crippen LogP contribution is 2.27. The molecule has 0 saturated heterocycles. The smallest absolute Gasteiger partial charge is 0.131 e. The van der Waals surface area contributed by atoms with Crippen molar-refractivity contribution in [2.45, 2.75) is 5.38 Å². The lowest BCUT2D eigenvalue weighted by Crippen LogP contribution is -2.01. The monoisotopic (exact) mass is 240 g/mol. The molecule has 0 N–H and O–H groups in total. The van der Waals surface area contributed by atoms with Crippen LogP contribution in [0, 0.1) is 0 Å². The van der Waals surface area contributed by atoms with E-state index < -0.39 is 0 Å². The zero-order valence-electron chi connectivity index (χ0n) is 8.19. The van der Waals surface area contributed by atoms with Crippen molar-refractivity contribution in [2.75, 3.05) is 0 Å². The molecule has 78 valence electrons. The van der Waals surface area contributed by atoms with Gasteiger partial charge in [0, 0.05) is 24.5 Å². The van der Waals surface area contributed by atoms with Crippen LogP contribution >= 0.6 is 23.2 Å². The van der Waals surface area contributed by atoms with E-state index in [2.05, 4.69) is 4.98 Å². The molecule has 1 aromatic heterocycles. The molecule has 1 aromatic carbocycles. The lowest BCUT2D eigenvalue weighted by molar-refractivity contribution is 0.809. The Morgan fingerprint density at radius 1 is 1.27 bits per heavy atom. The van der Waals surface area contributed by atoms with E-state index in [0.29, 0.717) is 5.02 Å². The van der Waals surface area contributed by atoms with Gasteiger partial charge in [-0.1, -0.05) is 23.7 Å². The molecule has 2 rings (SSSR count). The van der Waals surface area contributed by atoms with Crippen LogP contribution in [0.2, 0.25) is 5.02 Å². The van der Waals surface area contributed by atoms with Crippen molar-refractivity contribution >= 4 is 23.2 Å². The fourth-order valence-corrected chi connectivity index (χ4v) is 1.88. The highest BCUT2D eigenvalue weighted by molar-refractivity contribution is 6.30. The third-order valence-corrected chi connectivity index (χ3v) is 2.95. The second-order valence-electron chi connectivity index (χ2n) is 3.31. The molecule has 15 heavy (non-hydrogen) atoms. The summed E-state index contributed by atoms with van der Waals surface area (Å²) in [6.45, 7) is 0. The fraction of sp³-hybridized carbons (Fsp3) is 0.182. The largest absolute Gasteiger partial charge is 0.336 e. The first kappa shape index (κ1) is 10.5. The van der Waals surface area contributed by atoms with Crippen LogP contribution in [0.1, 0.15) is 16.8 Å². The van der Waals surface area contributed by atoms with Gasteiger partial charge in [-0.05, 0) is 17.7 Å². The summed E-state index contributed by atoms with van der Waals surface area (Å²) < 4.78 is 1.91. The highest BCUT2D eigenvalue weighted by atomic mass is 35.5. The van der Waals surface area contributed by atoms with Crippen LogP contribution in [-0.4, -0.2) is 9.55 Å². The quantitative estimate of drug-likeness (QED) is 0.737. The maximum atomic E-state index is 6.30. The molecule has 0 aliphatic rings. The second kappa shape index (κ2) is 4.25. The number of halogens is 2. The number of hydrogen-bond donors (Lipinski definition) is 0. The Balaban J connectivity index is 2.32. The molecule has 2 aromatic rings. The molecule has 0 aliphatic heterocycles. The van der Waals surface area contributed by atoms with E-state index in [1.54, 1.807) is 6.20 Å². The van der Waals surface area contributed by atoms with Gasteiger partial charge in [0.2, 0.25) is 0 Å². The van der Waals surface area contributed by atoms with Gasteiger partial charge in [-0.25, -0.2) is 4.98 Å². The molecule has 0 radical (unpaired) electrons. The Bertz CT molecular complexity index is 448. The molecule has 0 fully saturated rings. The summed E-state index contributed by atoms with van der Waals surface area (Å²) in [4.78, 5) is 4.21. The molecule has 2 nitrogen and oxygen atoms in total. The topological polar surface area (TPSA) is 17.8 Å². The zero-order valence-corrected chi connectivity index (χ0v) is 9.70. The molecule has 0 bridgehead atoms. The molecule has 0 spiro atoms. The molecule has 0 saturated carbocycles. The number of imidazole rings is 1. The minimum absolute atomic E-state index is 0.234. The SMILES string of the molecule is Cn1ccnc1C(Cl)c1ccc(Cl)cc1. The molecular weight excluding hydrogens is 231 g/mol. The molecule has 0 amide bonds. The van der Waals surface area contributed by atoms with Crippen molar-refractivity contribution in [1.82, 2.24) is 9.55 Å². The van der Waals surface area contributed by atoms with Gasteiger partial charge in [0.15, 0.2) is 0 Å². The minimum atomic E-state index is -0.234. The van der Waals surface area contributed by atoms with Crippen molar-refractivity contribution < 1.29 is 0 Å². The van der Waals surface area contributed by atoms with Crippen LogP contribution in [0.25, 0.3) is 0 Å². The first-order valence-electron chi connectivity index (χ1n) is 4.55. The number of benzene rings is 1. The number of rotatable bonds is 2. The maximum Gasteiger partial charge on any atom is 0.131 e. The van der Waals surface area contributed by atoms with Gasteiger partial charge >= 0.3 is 0 Å². The maximum absolute atomic E-state index is 6.30. The van der Waals surface area contributed by atoms with E-state index in [1.807, 2.05) is 42.1 Å². The predicted octanol–water partition coefficient (Wildman–Crippen LogP) is 3.40. The first-order valence-corrected chi connectivity index (χ1v) is 5.36. The van der Waals surface area contributed by atoms with Gasteiger partial charge in [-0.3, -0.25) is 0 Å². The Morgan fingerprint density at radius 2 is 1.93 bits per heavy atom. The number of nitrogens with zero attached hydrogens (tertiary/aromatic N) is 2. The van der Waals surface area contributed by atoms with Gasteiger partial charge in [0.1, 0.15) is 11.2 Å². The van der Waals surface area contributed by atoms with Crippen LogP contribution in [-0.2, 0) is 7.05 Å². The second-order valence-corrected chi connectivity index (χ2v) is 4.18. The molecule has 1 atom stereocenters. The first-order chi connectivity index (χ1) is 7.18. The van der Waals surface area contributed by atoms with Crippen molar-refractivity contribution in [1.29, 1.82) is 0 Å². The Labute approximate surface area is 98.5 Å². The van der Waals surface area contributed by atoms with Crippen LogP contribution in [0.3, 0.4) is 0 Å². The summed E-state index contributed by atoms with van der Waals surface area (Å²) in [5.41, 5.74) is 0.996. The molecular formula is C11H10Cl2N2. The molecule has 1 heterocycles. The normalized spacial score (nSPS) is 12.7. The van der Waals surface area contributed by atoms with E-state index in [9.17, 15) is 0 Å². The molecule has 1 unspecified atom stereocenters. The summed E-state index contributed by atoms with van der Waals surface area (Å²) in [6, 6.07) is 7.48. The van der Waals surface area contributed by atoms with Crippen LogP contribution in [0.4, 0.5) is 0 Å². The van der Waals surface area contributed by atoms with Gasteiger partial charge < -0.3 is 4.57 Å². The van der Waals surface area contributed by atoms with Crippen molar-refractivity contribution in [3.8, 4) is 0 Å². The summed E-state index contributed by atoms with van der Waals surface area (Å²) in [5.74, 6) is 0.832. The average molecular weight is 241 g/mol. The van der Waals surface area contributed by atoms with Gasteiger partial charge in [0.25, 0.3) is 0 Å². The van der Waals surface area contributed by atoms with Gasteiger partial charge in [-0.2, -0.15) is 0 Å².